The number of methoxy groups -OCH3 is 2. The SMILES string of the molecule is COc1cc2c(cc1OC)C(CC(=O)O)N(C(=O)c1c(C)noc1C)CC2. The molecule has 8 heteroatoms. The predicted octanol–water partition coefficient (Wildman–Crippen LogP) is 2.52. The first kappa shape index (κ1) is 18.8. The number of aromatic nitrogens is 1. The van der Waals surface area contributed by atoms with Crippen molar-refractivity contribution in [2.24, 2.45) is 0 Å². The van der Waals surface area contributed by atoms with Gasteiger partial charge in [-0.3, -0.25) is 9.59 Å². The molecule has 1 aliphatic rings. The fraction of sp³-hybridized carbons (Fsp3) is 0.421. The number of hydrogen-bond acceptors (Lipinski definition) is 6. The van der Waals surface area contributed by atoms with Crippen LogP contribution in [-0.2, 0) is 11.2 Å². The van der Waals surface area contributed by atoms with Crippen molar-refractivity contribution in [1.82, 2.24) is 10.1 Å². The summed E-state index contributed by atoms with van der Waals surface area (Å²) in [5.41, 5.74) is 2.57. The zero-order valence-corrected chi connectivity index (χ0v) is 15.7. The number of carbonyl (C=O) groups excluding carboxylic acids is 1. The maximum absolute atomic E-state index is 13.2. The lowest BCUT2D eigenvalue weighted by atomic mass is 9.89. The van der Waals surface area contributed by atoms with Crippen LogP contribution in [0, 0.1) is 13.8 Å². The maximum Gasteiger partial charge on any atom is 0.305 e. The number of ether oxygens (including phenoxy) is 2. The number of aryl methyl sites for hydroxylation is 2. The molecule has 1 amide bonds. The van der Waals surface area contributed by atoms with Gasteiger partial charge in [0.15, 0.2) is 11.5 Å². The number of aliphatic carboxylic acids is 1. The minimum atomic E-state index is -0.987. The van der Waals surface area contributed by atoms with Crippen LogP contribution in [-0.4, -0.2) is 47.8 Å². The highest BCUT2D eigenvalue weighted by atomic mass is 16.5. The molecule has 1 aromatic carbocycles. The molecule has 2 aromatic rings. The van der Waals surface area contributed by atoms with E-state index < -0.39 is 12.0 Å². The van der Waals surface area contributed by atoms with Crippen molar-refractivity contribution >= 4 is 11.9 Å². The molecule has 1 aliphatic heterocycles. The minimum Gasteiger partial charge on any atom is -0.493 e. The highest BCUT2D eigenvalue weighted by molar-refractivity contribution is 5.96. The van der Waals surface area contributed by atoms with Gasteiger partial charge in [0.1, 0.15) is 11.3 Å². The van der Waals surface area contributed by atoms with Crippen LogP contribution in [0.4, 0.5) is 0 Å². The van der Waals surface area contributed by atoms with E-state index in [1.807, 2.05) is 6.07 Å². The Morgan fingerprint density at radius 3 is 2.48 bits per heavy atom. The summed E-state index contributed by atoms with van der Waals surface area (Å²) in [5.74, 6) is 0.232. The third-order valence-electron chi connectivity index (χ3n) is 4.88. The van der Waals surface area contributed by atoms with Crippen molar-refractivity contribution in [3.63, 3.8) is 0 Å². The van der Waals surface area contributed by atoms with Crippen LogP contribution in [0.15, 0.2) is 16.7 Å². The van der Waals surface area contributed by atoms with Crippen molar-refractivity contribution in [1.29, 1.82) is 0 Å². The van der Waals surface area contributed by atoms with Gasteiger partial charge in [-0.2, -0.15) is 0 Å². The minimum absolute atomic E-state index is 0.211. The molecule has 0 saturated carbocycles. The molecule has 0 aliphatic carbocycles. The molecule has 3 rings (SSSR count). The monoisotopic (exact) mass is 374 g/mol. The van der Waals surface area contributed by atoms with Crippen LogP contribution >= 0.6 is 0 Å². The Morgan fingerprint density at radius 2 is 1.93 bits per heavy atom. The molecular weight excluding hydrogens is 352 g/mol. The van der Waals surface area contributed by atoms with E-state index in [4.69, 9.17) is 14.0 Å². The number of amides is 1. The summed E-state index contributed by atoms with van der Waals surface area (Å²) in [5, 5.41) is 13.3. The molecule has 1 atom stereocenters. The van der Waals surface area contributed by atoms with E-state index in [0.29, 0.717) is 41.5 Å². The van der Waals surface area contributed by atoms with Crippen LogP contribution in [0.25, 0.3) is 0 Å². The smallest absolute Gasteiger partial charge is 0.305 e. The van der Waals surface area contributed by atoms with Crippen molar-refractivity contribution in [2.45, 2.75) is 32.7 Å². The molecule has 0 bridgehead atoms. The maximum atomic E-state index is 13.2. The molecule has 2 heterocycles. The number of rotatable bonds is 5. The van der Waals surface area contributed by atoms with E-state index in [0.717, 1.165) is 11.1 Å². The van der Waals surface area contributed by atoms with Crippen molar-refractivity contribution in [3.05, 3.63) is 40.3 Å². The number of nitrogens with zero attached hydrogens (tertiary/aromatic N) is 2. The summed E-state index contributed by atoms with van der Waals surface area (Å²) < 4.78 is 15.8. The second-order valence-corrected chi connectivity index (χ2v) is 6.47. The van der Waals surface area contributed by atoms with E-state index in [9.17, 15) is 14.7 Å². The van der Waals surface area contributed by atoms with Gasteiger partial charge in [0.05, 0.1) is 32.4 Å². The third-order valence-corrected chi connectivity index (χ3v) is 4.88. The molecule has 1 unspecified atom stereocenters. The predicted molar refractivity (Wildman–Crippen MR) is 95.3 cm³/mol. The third kappa shape index (κ3) is 3.34. The van der Waals surface area contributed by atoms with Crippen LogP contribution < -0.4 is 9.47 Å². The van der Waals surface area contributed by atoms with E-state index in [1.165, 1.54) is 7.11 Å². The normalized spacial score (nSPS) is 16.0. The van der Waals surface area contributed by atoms with Gasteiger partial charge in [0.25, 0.3) is 5.91 Å². The van der Waals surface area contributed by atoms with E-state index in [1.54, 1.807) is 31.9 Å². The highest BCUT2D eigenvalue weighted by Crippen LogP contribution is 2.40. The van der Waals surface area contributed by atoms with Gasteiger partial charge in [-0.05, 0) is 43.5 Å². The number of carbonyl (C=O) groups is 2. The average molecular weight is 374 g/mol. The van der Waals surface area contributed by atoms with Crippen molar-refractivity contribution in [3.8, 4) is 11.5 Å². The Balaban J connectivity index is 2.07. The number of carboxylic acids is 1. The van der Waals surface area contributed by atoms with Gasteiger partial charge in [-0.1, -0.05) is 5.16 Å². The van der Waals surface area contributed by atoms with Crippen LogP contribution in [0.1, 0.15) is 45.4 Å². The molecule has 0 radical (unpaired) electrons. The second kappa shape index (κ2) is 7.30. The van der Waals surface area contributed by atoms with Gasteiger partial charge in [0.2, 0.25) is 0 Å². The largest absolute Gasteiger partial charge is 0.493 e. The van der Waals surface area contributed by atoms with Gasteiger partial charge in [-0.15, -0.1) is 0 Å². The Morgan fingerprint density at radius 1 is 1.26 bits per heavy atom. The molecule has 144 valence electrons. The van der Waals surface area contributed by atoms with Gasteiger partial charge in [0, 0.05) is 6.54 Å². The summed E-state index contributed by atoms with van der Waals surface area (Å²) >= 11 is 0. The Labute approximate surface area is 156 Å². The lowest BCUT2D eigenvalue weighted by molar-refractivity contribution is -0.138. The fourth-order valence-corrected chi connectivity index (χ4v) is 3.59. The summed E-state index contributed by atoms with van der Waals surface area (Å²) in [6.07, 6.45) is 0.374. The quantitative estimate of drug-likeness (QED) is 0.858. The van der Waals surface area contributed by atoms with Gasteiger partial charge >= 0.3 is 5.97 Å². The molecule has 1 N–H and O–H groups in total. The van der Waals surface area contributed by atoms with E-state index in [2.05, 4.69) is 5.16 Å². The summed E-state index contributed by atoms with van der Waals surface area (Å²) in [4.78, 5) is 26.3. The molecule has 0 saturated heterocycles. The number of fused-ring (bicyclic) bond motifs is 1. The standard InChI is InChI=1S/C19H22N2O6/c1-10-18(11(2)27-20-10)19(24)21-6-5-12-7-15(25-3)16(26-4)8-13(12)14(21)9-17(22)23/h7-8,14H,5-6,9H2,1-4H3,(H,22,23). The molecule has 8 nitrogen and oxygen atoms in total. The number of carboxylic acid groups (broad SMARTS) is 1. The van der Waals surface area contributed by atoms with Crippen LogP contribution in [0.3, 0.4) is 0 Å². The molecule has 27 heavy (non-hydrogen) atoms. The second-order valence-electron chi connectivity index (χ2n) is 6.47. The number of benzene rings is 1. The lowest BCUT2D eigenvalue weighted by Crippen LogP contribution is -2.41. The number of hydrogen-bond donors (Lipinski definition) is 1. The molecular formula is C19H22N2O6. The molecule has 1 aromatic heterocycles. The topological polar surface area (TPSA) is 102 Å². The lowest BCUT2D eigenvalue weighted by Gasteiger charge is -2.37. The Hall–Kier alpha value is -3.03. The fourth-order valence-electron chi connectivity index (χ4n) is 3.59. The van der Waals surface area contributed by atoms with Crippen LogP contribution in [0.5, 0.6) is 11.5 Å². The summed E-state index contributed by atoms with van der Waals surface area (Å²) in [6.45, 7) is 3.76. The Bertz CT molecular complexity index is 869. The first-order valence-corrected chi connectivity index (χ1v) is 8.57. The highest BCUT2D eigenvalue weighted by Gasteiger charge is 2.36. The first-order chi connectivity index (χ1) is 12.9. The van der Waals surface area contributed by atoms with Gasteiger partial charge in [-0.25, -0.2) is 0 Å². The zero-order valence-electron chi connectivity index (χ0n) is 15.7. The summed E-state index contributed by atoms with van der Waals surface area (Å²) in [7, 11) is 3.07. The zero-order chi connectivity index (χ0) is 19.7. The molecule has 0 spiro atoms. The van der Waals surface area contributed by atoms with Crippen LogP contribution in [0.2, 0.25) is 0 Å². The first-order valence-electron chi connectivity index (χ1n) is 8.57. The summed E-state index contributed by atoms with van der Waals surface area (Å²) in [6, 6.07) is 2.99. The van der Waals surface area contributed by atoms with E-state index in [-0.39, 0.29) is 12.3 Å². The van der Waals surface area contributed by atoms with E-state index >= 15 is 0 Å². The Kier molecular flexibility index (Phi) is 5.07. The average Bonchev–Trinajstić information content (AvgIpc) is 2.98. The van der Waals surface area contributed by atoms with Crippen molar-refractivity contribution < 1.29 is 28.7 Å². The van der Waals surface area contributed by atoms with Gasteiger partial charge < -0.3 is 24.0 Å². The van der Waals surface area contributed by atoms with Crippen molar-refractivity contribution in [2.75, 3.05) is 20.8 Å². The molecule has 0 fully saturated rings.